The highest BCUT2D eigenvalue weighted by atomic mass is 32.2. The molecule has 0 saturated heterocycles. The second kappa shape index (κ2) is 6.34. The molecule has 1 aromatic rings. The lowest BCUT2D eigenvalue weighted by atomic mass is 9.96. The van der Waals surface area contributed by atoms with Gasteiger partial charge in [0.15, 0.2) is 0 Å². The molecule has 1 aliphatic carbocycles. The molecule has 0 unspecified atom stereocenters. The van der Waals surface area contributed by atoms with Crippen molar-refractivity contribution in [3.05, 3.63) is 29.3 Å². The van der Waals surface area contributed by atoms with E-state index in [-0.39, 0.29) is 6.04 Å². The molecule has 0 amide bonds. The van der Waals surface area contributed by atoms with Crippen LogP contribution in [0, 0.1) is 0 Å². The summed E-state index contributed by atoms with van der Waals surface area (Å²) >= 11 is 0. The Balaban J connectivity index is 1.67. The van der Waals surface area contributed by atoms with Crippen LogP contribution in [0.15, 0.2) is 18.2 Å². The molecular formula is C15H22N2O3S. The molecule has 3 rings (SSSR count). The Bertz CT molecular complexity index is 595. The monoisotopic (exact) mass is 310 g/mol. The average Bonchev–Trinajstić information content (AvgIpc) is 2.47. The Morgan fingerprint density at radius 3 is 2.76 bits per heavy atom. The molecule has 0 radical (unpaired) electrons. The maximum atomic E-state index is 12.1. The largest absolute Gasteiger partial charge is 0.382 e. The zero-order chi connectivity index (χ0) is 14.7. The van der Waals surface area contributed by atoms with Crippen LogP contribution in [0.25, 0.3) is 0 Å². The first-order chi connectivity index (χ1) is 10.1. The second-order valence-corrected chi connectivity index (χ2v) is 7.16. The quantitative estimate of drug-likeness (QED) is 0.891. The SMILES string of the molecule is O=S(=O)(NC1CCCCC1)Oc1ccc2c(c1)CNCC2. The molecule has 0 bridgehead atoms. The number of benzene rings is 1. The second-order valence-electron chi connectivity index (χ2n) is 5.85. The molecular weight excluding hydrogens is 288 g/mol. The van der Waals surface area contributed by atoms with E-state index in [2.05, 4.69) is 10.0 Å². The molecule has 2 aliphatic rings. The van der Waals surface area contributed by atoms with Crippen LogP contribution in [0.3, 0.4) is 0 Å². The minimum atomic E-state index is -3.73. The lowest BCUT2D eigenvalue weighted by Gasteiger charge is -2.22. The van der Waals surface area contributed by atoms with Gasteiger partial charge in [0.1, 0.15) is 5.75 Å². The minimum Gasteiger partial charge on any atom is -0.371 e. The number of nitrogens with one attached hydrogen (secondary N) is 2. The van der Waals surface area contributed by atoms with Crippen LogP contribution in [0.5, 0.6) is 5.75 Å². The zero-order valence-electron chi connectivity index (χ0n) is 12.1. The molecule has 2 N–H and O–H groups in total. The van der Waals surface area contributed by atoms with Gasteiger partial charge in [-0.25, -0.2) is 0 Å². The molecule has 0 atom stereocenters. The van der Waals surface area contributed by atoms with E-state index in [1.807, 2.05) is 12.1 Å². The van der Waals surface area contributed by atoms with Gasteiger partial charge >= 0.3 is 10.3 Å². The van der Waals surface area contributed by atoms with E-state index in [0.29, 0.717) is 5.75 Å². The van der Waals surface area contributed by atoms with Crippen molar-refractivity contribution in [2.45, 2.75) is 51.1 Å². The minimum absolute atomic E-state index is 0.0167. The van der Waals surface area contributed by atoms with Crippen LogP contribution in [-0.2, 0) is 23.3 Å². The van der Waals surface area contributed by atoms with Gasteiger partial charge < -0.3 is 9.50 Å². The molecule has 6 heteroatoms. The summed E-state index contributed by atoms with van der Waals surface area (Å²) in [4.78, 5) is 0. The first kappa shape index (κ1) is 14.8. The summed E-state index contributed by atoms with van der Waals surface area (Å²) in [5.41, 5.74) is 2.38. The molecule has 0 aromatic heterocycles. The highest BCUT2D eigenvalue weighted by molar-refractivity contribution is 7.85. The van der Waals surface area contributed by atoms with Crippen LogP contribution in [0.2, 0.25) is 0 Å². The molecule has 1 fully saturated rings. The van der Waals surface area contributed by atoms with Crippen molar-refractivity contribution >= 4 is 10.3 Å². The third kappa shape index (κ3) is 3.96. The normalized spacial score (nSPS) is 20.0. The van der Waals surface area contributed by atoms with Crippen LogP contribution >= 0.6 is 0 Å². The first-order valence-electron chi connectivity index (χ1n) is 7.67. The number of hydrogen-bond donors (Lipinski definition) is 2. The standard InChI is InChI=1S/C15H22N2O3S/c18-21(19,17-14-4-2-1-3-5-14)20-15-7-6-12-8-9-16-11-13(12)10-15/h6-7,10,14,16-17H,1-5,8-9,11H2. The predicted molar refractivity (Wildman–Crippen MR) is 81.4 cm³/mol. The van der Waals surface area contributed by atoms with Crippen molar-refractivity contribution in [2.24, 2.45) is 0 Å². The van der Waals surface area contributed by atoms with Crippen molar-refractivity contribution in [2.75, 3.05) is 6.54 Å². The lowest BCUT2D eigenvalue weighted by Crippen LogP contribution is -2.38. The summed E-state index contributed by atoms with van der Waals surface area (Å²) in [6, 6.07) is 5.54. The highest BCUT2D eigenvalue weighted by Crippen LogP contribution is 2.23. The maximum absolute atomic E-state index is 12.1. The number of rotatable bonds is 4. The van der Waals surface area contributed by atoms with Gasteiger partial charge in [0.2, 0.25) is 0 Å². The van der Waals surface area contributed by atoms with Crippen molar-refractivity contribution in [1.29, 1.82) is 0 Å². The van der Waals surface area contributed by atoms with Crippen molar-refractivity contribution in [3.8, 4) is 5.75 Å². The van der Waals surface area contributed by atoms with Crippen LogP contribution in [-0.4, -0.2) is 21.0 Å². The van der Waals surface area contributed by atoms with E-state index < -0.39 is 10.3 Å². The zero-order valence-corrected chi connectivity index (χ0v) is 12.9. The van der Waals surface area contributed by atoms with E-state index in [0.717, 1.165) is 50.8 Å². The Hall–Kier alpha value is -1.11. The Kier molecular flexibility index (Phi) is 4.47. The topological polar surface area (TPSA) is 67.4 Å². The molecule has 1 aliphatic heterocycles. The van der Waals surface area contributed by atoms with Gasteiger partial charge in [-0.2, -0.15) is 13.1 Å². The van der Waals surface area contributed by atoms with Crippen LogP contribution < -0.4 is 14.2 Å². The Labute approximate surface area is 126 Å². The van der Waals surface area contributed by atoms with Gasteiger partial charge in [0.25, 0.3) is 0 Å². The molecule has 1 aromatic carbocycles. The van der Waals surface area contributed by atoms with E-state index in [1.165, 1.54) is 12.0 Å². The Morgan fingerprint density at radius 2 is 1.95 bits per heavy atom. The smallest absolute Gasteiger partial charge is 0.371 e. The van der Waals surface area contributed by atoms with Gasteiger partial charge in [-0.05, 0) is 49.1 Å². The molecule has 21 heavy (non-hydrogen) atoms. The Morgan fingerprint density at radius 1 is 1.14 bits per heavy atom. The van der Waals surface area contributed by atoms with Gasteiger partial charge in [0.05, 0.1) is 0 Å². The predicted octanol–water partition coefficient (Wildman–Crippen LogP) is 1.88. The number of fused-ring (bicyclic) bond motifs is 1. The fraction of sp³-hybridized carbons (Fsp3) is 0.600. The molecule has 1 heterocycles. The maximum Gasteiger partial charge on any atom is 0.382 e. The molecule has 5 nitrogen and oxygen atoms in total. The summed E-state index contributed by atoms with van der Waals surface area (Å²) in [5.74, 6) is 0.390. The molecule has 0 spiro atoms. The van der Waals surface area contributed by atoms with E-state index in [1.54, 1.807) is 6.07 Å². The summed E-state index contributed by atoms with van der Waals surface area (Å²) in [5, 5.41) is 3.28. The van der Waals surface area contributed by atoms with Gasteiger partial charge in [-0.1, -0.05) is 25.3 Å². The van der Waals surface area contributed by atoms with Crippen molar-refractivity contribution in [1.82, 2.24) is 10.0 Å². The highest BCUT2D eigenvalue weighted by Gasteiger charge is 2.22. The van der Waals surface area contributed by atoms with Gasteiger partial charge in [0, 0.05) is 12.6 Å². The van der Waals surface area contributed by atoms with Crippen molar-refractivity contribution in [3.63, 3.8) is 0 Å². The van der Waals surface area contributed by atoms with E-state index >= 15 is 0 Å². The summed E-state index contributed by atoms with van der Waals surface area (Å²) in [6.07, 6.45) is 6.13. The first-order valence-corrected chi connectivity index (χ1v) is 9.07. The molecule has 116 valence electrons. The van der Waals surface area contributed by atoms with Gasteiger partial charge in [-0.3, -0.25) is 0 Å². The fourth-order valence-electron chi connectivity index (χ4n) is 3.08. The van der Waals surface area contributed by atoms with E-state index in [4.69, 9.17) is 4.18 Å². The van der Waals surface area contributed by atoms with E-state index in [9.17, 15) is 8.42 Å². The fourth-order valence-corrected chi connectivity index (χ4v) is 4.13. The molecule has 1 saturated carbocycles. The van der Waals surface area contributed by atoms with Crippen LogP contribution in [0.4, 0.5) is 0 Å². The summed E-state index contributed by atoms with van der Waals surface area (Å²) in [7, 11) is -3.73. The third-order valence-electron chi connectivity index (χ3n) is 4.19. The van der Waals surface area contributed by atoms with Gasteiger partial charge in [-0.15, -0.1) is 0 Å². The van der Waals surface area contributed by atoms with Crippen molar-refractivity contribution < 1.29 is 12.6 Å². The lowest BCUT2D eigenvalue weighted by molar-refractivity contribution is 0.391. The number of hydrogen-bond acceptors (Lipinski definition) is 4. The third-order valence-corrected chi connectivity index (χ3v) is 5.22. The summed E-state index contributed by atoms with van der Waals surface area (Å²) in [6.45, 7) is 1.73. The summed E-state index contributed by atoms with van der Waals surface area (Å²) < 4.78 is 32.0. The average molecular weight is 310 g/mol. The van der Waals surface area contributed by atoms with Crippen LogP contribution in [0.1, 0.15) is 43.2 Å².